The van der Waals surface area contributed by atoms with Gasteiger partial charge in [0.05, 0.1) is 76.2 Å². The van der Waals surface area contributed by atoms with E-state index in [0.29, 0.717) is 112 Å². The van der Waals surface area contributed by atoms with Crippen molar-refractivity contribution in [1.29, 1.82) is 0 Å². The number of hydrogen-bond acceptors (Lipinski definition) is 15. The molecule has 3 heterocycles. The zero-order chi connectivity index (χ0) is 53.8. The van der Waals surface area contributed by atoms with Gasteiger partial charge in [-0.3, -0.25) is 14.4 Å². The van der Waals surface area contributed by atoms with Gasteiger partial charge in [0.15, 0.2) is 23.0 Å². The second kappa shape index (κ2) is 26.0. The van der Waals surface area contributed by atoms with Gasteiger partial charge < -0.3 is 64.6 Å². The van der Waals surface area contributed by atoms with Crippen LogP contribution in [0.25, 0.3) is 0 Å². The molecule has 0 radical (unpaired) electrons. The molecule has 0 aromatic heterocycles. The Kier molecular flexibility index (Phi) is 19.0. The molecule has 5 aromatic rings. The number of carbonyl (C=O) groups is 3. The summed E-state index contributed by atoms with van der Waals surface area (Å²) >= 11 is 0. The van der Waals surface area contributed by atoms with E-state index in [2.05, 4.69) is 48.8 Å². The predicted molar refractivity (Wildman–Crippen MR) is 304 cm³/mol. The first kappa shape index (κ1) is 55.7. The number of amides is 3. The molecule has 0 saturated heterocycles. The fraction of sp³-hybridized carbons (Fsp3) is 0.397. The second-order valence-electron chi connectivity index (χ2n) is 19.5. The summed E-state index contributed by atoms with van der Waals surface area (Å²) in [6.07, 6.45) is 4.25. The van der Waals surface area contributed by atoms with Crippen molar-refractivity contribution in [2.45, 2.75) is 69.6 Å². The number of primary amides is 1. The second-order valence-corrected chi connectivity index (χ2v) is 22.6. The molecular weight excluding hydrogens is 1000 g/mol. The van der Waals surface area contributed by atoms with Crippen LogP contribution < -0.4 is 50.4 Å². The quantitative estimate of drug-likeness (QED) is 0.0186. The third kappa shape index (κ3) is 13.5. The van der Waals surface area contributed by atoms with Crippen LogP contribution in [0.4, 0.5) is 28.4 Å². The summed E-state index contributed by atoms with van der Waals surface area (Å²) < 4.78 is 41.6. The molecule has 3 aliphatic heterocycles. The lowest BCUT2D eigenvalue weighted by molar-refractivity contribution is -0.118. The Hall–Kier alpha value is -6.57. The molecule has 404 valence electrons. The summed E-state index contributed by atoms with van der Waals surface area (Å²) in [5.41, 5.74) is 20.4. The van der Waals surface area contributed by atoms with Crippen LogP contribution in [0.2, 0.25) is 0 Å². The zero-order valence-electron chi connectivity index (χ0n) is 44.1. The minimum Gasteiger partial charge on any atom is -0.493 e. The van der Waals surface area contributed by atoms with Gasteiger partial charge in [-0.1, -0.05) is 64.1 Å². The number of benzene rings is 5. The Morgan fingerprint density at radius 2 is 1.46 bits per heavy atom. The summed E-state index contributed by atoms with van der Waals surface area (Å²) in [5.74, 6) is 1.74. The third-order valence-corrected chi connectivity index (χ3v) is 16.8. The monoisotopic (exact) mass is 1070 g/mol. The van der Waals surface area contributed by atoms with Gasteiger partial charge >= 0.3 is 0 Å². The largest absolute Gasteiger partial charge is 0.493 e. The number of rotatable bonds is 28. The van der Waals surface area contributed by atoms with Crippen molar-refractivity contribution in [2.24, 2.45) is 5.73 Å². The molecule has 1 unspecified atom stereocenters. The van der Waals surface area contributed by atoms with Gasteiger partial charge in [0.1, 0.15) is 13.2 Å². The smallest absolute Gasteiger partial charge is 0.261 e. The number of nitrogen functional groups attached to an aromatic ring is 1. The lowest BCUT2D eigenvalue weighted by Crippen LogP contribution is -2.39. The number of fused-ring (bicyclic) bond motifs is 5. The molecule has 8 rings (SSSR count). The molecule has 3 aliphatic rings. The molecule has 2 atom stereocenters. The Morgan fingerprint density at radius 3 is 2.14 bits per heavy atom. The molecule has 0 fully saturated rings. The molecule has 0 saturated carbocycles. The first-order valence-electron chi connectivity index (χ1n) is 25.6. The van der Waals surface area contributed by atoms with Gasteiger partial charge in [0.25, 0.3) is 11.8 Å². The van der Waals surface area contributed by atoms with E-state index >= 15 is 0 Å². The van der Waals surface area contributed by atoms with E-state index in [0.717, 1.165) is 51.5 Å². The number of anilines is 5. The molecule has 0 aliphatic carbocycles. The summed E-state index contributed by atoms with van der Waals surface area (Å²) in [6, 6.07) is 28.7. The molecule has 18 heteroatoms. The normalized spacial score (nSPS) is 15.5. The molecular formula is C58H70N6O10S2. The Balaban J connectivity index is 1.08. The van der Waals surface area contributed by atoms with Crippen LogP contribution in [0.1, 0.15) is 69.7 Å². The van der Waals surface area contributed by atoms with Crippen LogP contribution in [-0.4, -0.2) is 114 Å². The average molecular weight is 1080 g/mol. The number of para-hydroxylation sites is 2. The van der Waals surface area contributed by atoms with E-state index in [1.54, 1.807) is 65.0 Å². The standard InChI is InChI=1S/C58H70N6O10S2/c1-7-42-28-40-13-8-10-15-49(40)63(42)56(66)45-30-51(69-5)53(32-47(45)59)73-35-38-25-39(27-43(26-38)62(18-19-71-22-23-72-21-20-68-4)37-58(2,3)76-75-24-12-17-55(60)65)36-74-54-33-48-46(31-52(54)70-6)57(67)64-44(34-61-48)29-41-14-9-11-16-50(41)64/h7-11,13-16,25-27,30-33,42,44,61H,1,12,17-24,28-29,34-37,59H2,2-6H3,(H2,60,65)/t42?,44-/m0/s1. The predicted octanol–water partition coefficient (Wildman–Crippen LogP) is 9.11. The number of hydrogen-bond donors (Lipinski definition) is 3. The van der Waals surface area contributed by atoms with Gasteiger partial charge in [0.2, 0.25) is 5.91 Å². The maximum Gasteiger partial charge on any atom is 0.261 e. The minimum atomic E-state index is -0.303. The van der Waals surface area contributed by atoms with Crippen LogP contribution in [0.15, 0.2) is 104 Å². The fourth-order valence-electron chi connectivity index (χ4n) is 9.78. The number of carbonyl (C=O) groups excluding carboxylic acids is 3. The first-order chi connectivity index (χ1) is 36.8. The number of ether oxygens (including phenoxy) is 7. The summed E-state index contributed by atoms with van der Waals surface area (Å²) in [4.78, 5) is 45.9. The van der Waals surface area contributed by atoms with Crippen molar-refractivity contribution >= 4 is 67.7 Å². The number of nitrogens with zero attached hydrogens (tertiary/aromatic N) is 3. The van der Waals surface area contributed by atoms with E-state index in [4.69, 9.17) is 44.6 Å². The molecule has 0 bridgehead atoms. The van der Waals surface area contributed by atoms with Crippen LogP contribution >= 0.6 is 21.6 Å². The van der Waals surface area contributed by atoms with Crippen molar-refractivity contribution in [3.05, 3.63) is 137 Å². The van der Waals surface area contributed by atoms with Crippen molar-refractivity contribution in [2.75, 3.05) is 106 Å². The van der Waals surface area contributed by atoms with Gasteiger partial charge in [0, 0.05) is 78.5 Å². The van der Waals surface area contributed by atoms with Crippen LogP contribution in [0.5, 0.6) is 23.0 Å². The van der Waals surface area contributed by atoms with Crippen molar-refractivity contribution in [3.63, 3.8) is 0 Å². The number of nitrogens with two attached hydrogens (primary N) is 2. The van der Waals surface area contributed by atoms with Gasteiger partial charge in [-0.2, -0.15) is 0 Å². The van der Waals surface area contributed by atoms with E-state index in [9.17, 15) is 14.4 Å². The average Bonchev–Trinajstić information content (AvgIpc) is 4.01. The van der Waals surface area contributed by atoms with Crippen molar-refractivity contribution in [1.82, 2.24) is 0 Å². The lowest BCUT2D eigenvalue weighted by Gasteiger charge is -2.34. The highest BCUT2D eigenvalue weighted by Crippen LogP contribution is 2.43. The van der Waals surface area contributed by atoms with Gasteiger partial charge in [-0.25, -0.2) is 0 Å². The summed E-state index contributed by atoms with van der Waals surface area (Å²) in [7, 11) is 8.23. The van der Waals surface area contributed by atoms with Crippen molar-refractivity contribution in [3.8, 4) is 23.0 Å². The molecule has 3 amide bonds. The fourth-order valence-corrected chi connectivity index (χ4v) is 12.4. The Bertz CT molecular complexity index is 2870. The highest BCUT2D eigenvalue weighted by Gasteiger charge is 2.38. The van der Waals surface area contributed by atoms with Crippen LogP contribution in [0.3, 0.4) is 0 Å². The topological polar surface area (TPSA) is 190 Å². The summed E-state index contributed by atoms with van der Waals surface area (Å²) in [6.45, 7) is 12.7. The van der Waals surface area contributed by atoms with Crippen LogP contribution in [0, 0.1) is 0 Å². The highest BCUT2D eigenvalue weighted by molar-refractivity contribution is 8.77. The number of nitrogens with one attached hydrogen (secondary N) is 1. The van der Waals surface area contributed by atoms with Crippen LogP contribution in [-0.2, 0) is 45.1 Å². The molecule has 76 heavy (non-hydrogen) atoms. The molecule has 5 N–H and O–H groups in total. The first-order valence-corrected chi connectivity index (χ1v) is 27.9. The number of methoxy groups -OCH3 is 3. The van der Waals surface area contributed by atoms with Gasteiger partial charge in [-0.15, -0.1) is 6.58 Å². The zero-order valence-corrected chi connectivity index (χ0v) is 45.7. The lowest BCUT2D eigenvalue weighted by atomic mass is 10.1. The maximum absolute atomic E-state index is 14.3. The van der Waals surface area contributed by atoms with E-state index in [1.165, 1.54) is 7.11 Å². The van der Waals surface area contributed by atoms with E-state index in [-0.39, 0.29) is 53.5 Å². The molecule has 0 spiro atoms. The van der Waals surface area contributed by atoms with Gasteiger partial charge in [-0.05, 0) is 97.8 Å². The highest BCUT2D eigenvalue weighted by atomic mass is 33.1. The molecule has 16 nitrogen and oxygen atoms in total. The Labute approximate surface area is 454 Å². The SMILES string of the molecule is C=CC1Cc2ccccc2N1C(=O)c1cc(OC)c(OCc2cc(COc3cc4c(cc3OC)C(=O)N3c5ccccc5C[C@H]3CN4)cc(N(CCOCCOCCOC)CC(C)(C)SSCCCC(N)=O)c2)cc1N. The minimum absolute atomic E-state index is 0.0301. The van der Waals surface area contributed by atoms with E-state index in [1.807, 2.05) is 59.5 Å². The van der Waals surface area contributed by atoms with E-state index < -0.39 is 0 Å². The maximum atomic E-state index is 14.3. The van der Waals surface area contributed by atoms with Crippen molar-refractivity contribution < 1.29 is 47.5 Å². The third-order valence-electron chi connectivity index (χ3n) is 13.4. The summed E-state index contributed by atoms with van der Waals surface area (Å²) in [5, 5.41) is 3.54. The Morgan fingerprint density at radius 1 is 0.816 bits per heavy atom. The molecule has 5 aromatic carbocycles.